The SMILES string of the molecule is CO.Cc1cc2c(c(N(CC3COC(C)(C)O3)C(=O)C=O)c1)N(C)CCC2C. The molecule has 3 rings (SSSR count). The van der Waals surface area contributed by atoms with Crippen molar-refractivity contribution in [3.8, 4) is 0 Å². The second kappa shape index (κ2) is 9.03. The molecule has 0 bridgehead atoms. The summed E-state index contributed by atoms with van der Waals surface area (Å²) in [4.78, 5) is 27.5. The maximum absolute atomic E-state index is 12.5. The molecule has 1 fully saturated rings. The molecular formula is C21H32N2O5. The lowest BCUT2D eigenvalue weighted by Crippen LogP contribution is -2.41. The van der Waals surface area contributed by atoms with E-state index in [9.17, 15) is 9.59 Å². The quantitative estimate of drug-likeness (QED) is 0.625. The van der Waals surface area contributed by atoms with Gasteiger partial charge in [-0.05, 0) is 50.3 Å². The van der Waals surface area contributed by atoms with Crippen LogP contribution >= 0.6 is 0 Å². The Morgan fingerprint density at radius 3 is 2.64 bits per heavy atom. The number of fused-ring (bicyclic) bond motifs is 1. The van der Waals surface area contributed by atoms with E-state index in [1.165, 1.54) is 5.56 Å². The third-order valence-corrected chi connectivity index (χ3v) is 5.18. The molecule has 7 nitrogen and oxygen atoms in total. The van der Waals surface area contributed by atoms with Crippen molar-refractivity contribution in [1.29, 1.82) is 0 Å². The van der Waals surface area contributed by atoms with Gasteiger partial charge in [-0.2, -0.15) is 0 Å². The second-order valence-electron chi connectivity index (χ2n) is 7.85. The highest BCUT2D eigenvalue weighted by Gasteiger charge is 2.36. The lowest BCUT2D eigenvalue weighted by molar-refractivity contribution is -0.138. The molecule has 2 aliphatic rings. The summed E-state index contributed by atoms with van der Waals surface area (Å²) in [6.45, 7) is 9.54. The number of aryl methyl sites for hydroxylation is 1. The number of benzene rings is 1. The number of amides is 1. The van der Waals surface area contributed by atoms with E-state index in [-0.39, 0.29) is 6.10 Å². The van der Waals surface area contributed by atoms with E-state index < -0.39 is 11.7 Å². The Labute approximate surface area is 167 Å². The molecule has 2 unspecified atom stereocenters. The van der Waals surface area contributed by atoms with Crippen molar-refractivity contribution in [2.24, 2.45) is 0 Å². The molecule has 1 saturated heterocycles. The van der Waals surface area contributed by atoms with Crippen molar-refractivity contribution in [2.75, 3.05) is 43.7 Å². The Hall–Kier alpha value is -1.96. The molecule has 0 saturated carbocycles. The molecule has 0 aromatic heterocycles. The van der Waals surface area contributed by atoms with Gasteiger partial charge in [-0.15, -0.1) is 0 Å². The van der Waals surface area contributed by atoms with Gasteiger partial charge >= 0.3 is 0 Å². The van der Waals surface area contributed by atoms with Crippen LogP contribution in [-0.4, -0.2) is 63.0 Å². The Bertz CT molecular complexity index is 719. The van der Waals surface area contributed by atoms with Crippen LogP contribution in [0.15, 0.2) is 12.1 Å². The maximum Gasteiger partial charge on any atom is 0.291 e. The van der Waals surface area contributed by atoms with Crippen LogP contribution in [-0.2, 0) is 19.1 Å². The lowest BCUT2D eigenvalue weighted by Gasteiger charge is -2.37. The largest absolute Gasteiger partial charge is 0.400 e. The van der Waals surface area contributed by atoms with E-state index in [4.69, 9.17) is 14.6 Å². The van der Waals surface area contributed by atoms with E-state index in [1.807, 2.05) is 33.9 Å². The summed E-state index contributed by atoms with van der Waals surface area (Å²) < 4.78 is 11.5. The number of anilines is 2. The second-order valence-corrected chi connectivity index (χ2v) is 7.85. The third-order valence-electron chi connectivity index (χ3n) is 5.18. The van der Waals surface area contributed by atoms with Gasteiger partial charge in [-0.1, -0.05) is 13.0 Å². The minimum absolute atomic E-state index is 0.267. The number of rotatable bonds is 4. The first-order valence-electron chi connectivity index (χ1n) is 9.60. The van der Waals surface area contributed by atoms with Crippen LogP contribution in [0.25, 0.3) is 0 Å². The van der Waals surface area contributed by atoms with Gasteiger partial charge in [0.2, 0.25) is 6.29 Å². The first-order valence-corrected chi connectivity index (χ1v) is 9.60. The van der Waals surface area contributed by atoms with Crippen LogP contribution in [0.1, 0.15) is 44.2 Å². The lowest BCUT2D eigenvalue weighted by atomic mass is 9.89. The third kappa shape index (κ3) is 4.71. The predicted octanol–water partition coefficient (Wildman–Crippen LogP) is 2.23. The molecule has 2 atom stereocenters. The Kier molecular flexibility index (Phi) is 7.20. The fourth-order valence-corrected chi connectivity index (χ4v) is 3.87. The molecule has 7 heteroatoms. The first-order chi connectivity index (χ1) is 13.2. The van der Waals surface area contributed by atoms with Crippen molar-refractivity contribution in [3.05, 3.63) is 23.3 Å². The highest BCUT2D eigenvalue weighted by molar-refractivity contribution is 6.31. The molecule has 0 aliphatic carbocycles. The summed E-state index contributed by atoms with van der Waals surface area (Å²) in [6.07, 6.45) is 1.18. The van der Waals surface area contributed by atoms with Gasteiger partial charge in [0.25, 0.3) is 5.91 Å². The Morgan fingerprint density at radius 1 is 1.39 bits per heavy atom. The van der Waals surface area contributed by atoms with Crippen LogP contribution < -0.4 is 9.80 Å². The van der Waals surface area contributed by atoms with Gasteiger partial charge in [0.05, 0.1) is 24.5 Å². The highest BCUT2D eigenvalue weighted by Crippen LogP contribution is 2.42. The van der Waals surface area contributed by atoms with Gasteiger partial charge in [-0.25, -0.2) is 0 Å². The molecule has 1 aromatic rings. The average Bonchev–Trinajstić information content (AvgIpc) is 3.01. The van der Waals surface area contributed by atoms with Gasteiger partial charge in [0.1, 0.15) is 6.10 Å². The zero-order valence-electron chi connectivity index (χ0n) is 17.7. The van der Waals surface area contributed by atoms with Gasteiger partial charge in [0, 0.05) is 20.7 Å². The molecule has 2 aliphatic heterocycles. The summed E-state index contributed by atoms with van der Waals surface area (Å²) >= 11 is 0. The summed E-state index contributed by atoms with van der Waals surface area (Å²) in [6, 6.07) is 4.16. The first kappa shape index (κ1) is 22.3. The molecule has 156 valence electrons. The van der Waals surface area contributed by atoms with Crippen molar-refractivity contribution in [3.63, 3.8) is 0 Å². The maximum atomic E-state index is 12.5. The molecule has 0 radical (unpaired) electrons. The summed E-state index contributed by atoms with van der Waals surface area (Å²) in [5.41, 5.74) is 4.11. The Balaban J connectivity index is 0.00000136. The van der Waals surface area contributed by atoms with Gasteiger partial charge in [0.15, 0.2) is 5.79 Å². The zero-order chi connectivity index (χ0) is 21.1. The summed E-state index contributed by atoms with van der Waals surface area (Å²) in [7, 11) is 3.03. The molecule has 0 spiro atoms. The van der Waals surface area contributed by atoms with Gasteiger partial charge < -0.3 is 24.4 Å². The van der Waals surface area contributed by atoms with Crippen molar-refractivity contribution >= 4 is 23.6 Å². The number of aliphatic hydroxyl groups is 1. The fourth-order valence-electron chi connectivity index (χ4n) is 3.87. The normalized spacial score (nSPS) is 22.8. The minimum Gasteiger partial charge on any atom is -0.400 e. The van der Waals surface area contributed by atoms with Crippen LogP contribution in [0.5, 0.6) is 0 Å². The Morgan fingerprint density at radius 2 is 2.07 bits per heavy atom. The van der Waals surface area contributed by atoms with Crippen LogP contribution in [0, 0.1) is 6.92 Å². The fraction of sp³-hybridized carbons (Fsp3) is 0.619. The number of carbonyl (C=O) groups excluding carboxylic acids is 2. The molecule has 1 aromatic carbocycles. The van der Waals surface area contributed by atoms with Crippen molar-refractivity contribution in [2.45, 2.75) is 51.9 Å². The smallest absolute Gasteiger partial charge is 0.291 e. The van der Waals surface area contributed by atoms with Crippen LogP contribution in [0.3, 0.4) is 0 Å². The van der Waals surface area contributed by atoms with Gasteiger partial charge in [-0.3, -0.25) is 9.59 Å². The van der Waals surface area contributed by atoms with E-state index in [0.717, 1.165) is 37.0 Å². The number of hydrogen-bond donors (Lipinski definition) is 1. The number of aldehydes is 1. The zero-order valence-corrected chi connectivity index (χ0v) is 17.7. The van der Waals surface area contributed by atoms with E-state index in [0.29, 0.717) is 25.4 Å². The molecule has 1 amide bonds. The monoisotopic (exact) mass is 392 g/mol. The molecular weight excluding hydrogens is 360 g/mol. The topological polar surface area (TPSA) is 79.3 Å². The van der Waals surface area contributed by atoms with E-state index >= 15 is 0 Å². The number of hydrogen-bond acceptors (Lipinski definition) is 6. The highest BCUT2D eigenvalue weighted by atomic mass is 16.7. The summed E-state index contributed by atoms with van der Waals surface area (Å²) in [5, 5.41) is 7.00. The standard InChI is InChI=1S/C20H28N2O4.CH4O/c1-13-8-16-14(2)6-7-21(5)19(16)17(9-13)22(18(24)11-23)10-15-12-25-20(3,4)26-15;1-2/h8-9,11,14-15H,6-7,10,12H2,1-5H3;2H,1H3. The number of aliphatic hydroxyl groups excluding tert-OH is 1. The van der Waals surface area contributed by atoms with E-state index in [2.05, 4.69) is 17.9 Å². The molecule has 1 N–H and O–H groups in total. The average molecular weight is 392 g/mol. The minimum atomic E-state index is -0.669. The van der Waals surface area contributed by atoms with Crippen molar-refractivity contribution < 1.29 is 24.2 Å². The molecule has 2 heterocycles. The summed E-state index contributed by atoms with van der Waals surface area (Å²) in [5.74, 6) is -0.812. The predicted molar refractivity (Wildman–Crippen MR) is 109 cm³/mol. The van der Waals surface area contributed by atoms with Crippen LogP contribution in [0.2, 0.25) is 0 Å². The molecule has 28 heavy (non-hydrogen) atoms. The van der Waals surface area contributed by atoms with E-state index in [1.54, 1.807) is 4.90 Å². The van der Waals surface area contributed by atoms with Crippen LogP contribution in [0.4, 0.5) is 11.4 Å². The van der Waals surface area contributed by atoms with Crippen molar-refractivity contribution in [1.82, 2.24) is 0 Å². The number of carbonyl (C=O) groups is 2. The number of ether oxygens (including phenoxy) is 2. The number of nitrogens with zero attached hydrogens (tertiary/aromatic N) is 2.